The van der Waals surface area contributed by atoms with Crippen LogP contribution in [0.25, 0.3) is 0 Å². The van der Waals surface area contributed by atoms with Crippen LogP contribution < -0.4 is 26.7 Å². The summed E-state index contributed by atoms with van der Waals surface area (Å²) in [5.74, 6) is 1.35. The highest BCUT2D eigenvalue weighted by Crippen LogP contribution is 2.37. The van der Waals surface area contributed by atoms with Crippen LogP contribution >= 0.6 is 0 Å². The summed E-state index contributed by atoms with van der Waals surface area (Å²) in [6, 6.07) is 3.38. The van der Waals surface area contributed by atoms with E-state index in [1.807, 2.05) is 13.8 Å². The largest absolute Gasteiger partial charge is 0.496 e. The van der Waals surface area contributed by atoms with E-state index in [2.05, 4.69) is 15.1 Å². The molecule has 0 radical (unpaired) electrons. The molecule has 0 fully saturated rings. The topological polar surface area (TPSA) is 155 Å². The Bertz CT molecular complexity index is 776. The van der Waals surface area contributed by atoms with Gasteiger partial charge in [-0.05, 0) is 18.1 Å². The van der Waals surface area contributed by atoms with Gasteiger partial charge in [-0.3, -0.25) is 0 Å². The minimum Gasteiger partial charge on any atom is -0.496 e. The van der Waals surface area contributed by atoms with E-state index in [0.29, 0.717) is 17.1 Å². The van der Waals surface area contributed by atoms with Gasteiger partial charge in [-0.25, -0.2) is 4.98 Å². The molecule has 24 heavy (non-hydrogen) atoms. The second kappa shape index (κ2) is 6.90. The maximum absolute atomic E-state index is 8.95. The van der Waals surface area contributed by atoms with Crippen molar-refractivity contribution in [3.63, 3.8) is 0 Å². The molecule has 0 spiro atoms. The number of ether oxygens (including phenoxy) is 2. The molecule has 128 valence electrons. The summed E-state index contributed by atoms with van der Waals surface area (Å²) >= 11 is 0. The second-order valence-electron chi connectivity index (χ2n) is 5.31. The van der Waals surface area contributed by atoms with Gasteiger partial charge in [0.25, 0.3) is 0 Å². The predicted octanol–water partition coefficient (Wildman–Crippen LogP) is 1.66. The number of hydrogen-bond donors (Lipinski definition) is 4. The number of nitrogens with zero attached hydrogens (tertiary/aromatic N) is 3. The Labute approximate surface area is 139 Å². The fraction of sp³-hybridized carbons (Fsp3) is 0.267. The van der Waals surface area contributed by atoms with E-state index in [1.54, 1.807) is 12.1 Å². The molecule has 0 bridgehead atoms. The lowest BCUT2D eigenvalue weighted by Gasteiger charge is -2.18. The lowest BCUT2D eigenvalue weighted by atomic mass is 9.99. The van der Waals surface area contributed by atoms with Gasteiger partial charge >= 0.3 is 0 Å². The van der Waals surface area contributed by atoms with Crippen molar-refractivity contribution in [1.29, 1.82) is 0 Å². The zero-order chi connectivity index (χ0) is 17.9. The van der Waals surface area contributed by atoms with Gasteiger partial charge in [0.05, 0.1) is 18.9 Å². The Morgan fingerprint density at radius 1 is 1.21 bits per heavy atom. The first-order valence-corrected chi connectivity index (χ1v) is 7.13. The zero-order valence-electron chi connectivity index (χ0n) is 13.6. The van der Waals surface area contributed by atoms with Crippen LogP contribution in [-0.4, -0.2) is 28.1 Å². The highest BCUT2D eigenvalue weighted by atomic mass is 16.5. The minimum absolute atomic E-state index is 0.0519. The number of oxime groups is 1. The van der Waals surface area contributed by atoms with Crippen LogP contribution in [-0.2, 0) is 0 Å². The first-order chi connectivity index (χ1) is 11.4. The number of aromatic nitrogens is 2. The molecule has 1 aromatic carbocycles. The molecule has 2 rings (SSSR count). The number of methoxy groups -OCH3 is 1. The Hall–Kier alpha value is -3.23. The van der Waals surface area contributed by atoms with Crippen LogP contribution in [0.1, 0.15) is 30.9 Å². The third-order valence-corrected chi connectivity index (χ3v) is 3.36. The normalized spacial score (nSPS) is 11.6. The number of nitrogen functional groups attached to an aromatic ring is 2. The van der Waals surface area contributed by atoms with Crippen LogP contribution in [0.3, 0.4) is 0 Å². The molecule has 0 amide bonds. The molecule has 0 unspecified atom stereocenters. The van der Waals surface area contributed by atoms with Gasteiger partial charge in [-0.2, -0.15) is 4.98 Å². The van der Waals surface area contributed by atoms with Crippen molar-refractivity contribution in [2.75, 3.05) is 18.6 Å². The first-order valence-electron chi connectivity index (χ1n) is 7.13. The third-order valence-electron chi connectivity index (χ3n) is 3.36. The average Bonchev–Trinajstić information content (AvgIpc) is 2.55. The third kappa shape index (κ3) is 3.40. The molecule has 0 aliphatic carbocycles. The Balaban J connectivity index is 2.58. The van der Waals surface area contributed by atoms with Crippen molar-refractivity contribution >= 4 is 17.6 Å². The SMILES string of the molecule is COc1cc(C(C)C)c(Oc2cnc(N)nc2N)cc1C(N)=NO. The van der Waals surface area contributed by atoms with E-state index in [-0.39, 0.29) is 29.3 Å². The Kier molecular flexibility index (Phi) is 4.93. The summed E-state index contributed by atoms with van der Waals surface area (Å²) in [5.41, 5.74) is 18.2. The van der Waals surface area contributed by atoms with Gasteiger partial charge in [0.1, 0.15) is 11.5 Å². The summed E-state index contributed by atoms with van der Waals surface area (Å²) in [4.78, 5) is 7.72. The lowest BCUT2D eigenvalue weighted by molar-refractivity contribution is 0.318. The number of hydrogen-bond acceptors (Lipinski definition) is 8. The number of nitrogens with two attached hydrogens (primary N) is 3. The van der Waals surface area contributed by atoms with Gasteiger partial charge in [-0.15, -0.1) is 0 Å². The van der Waals surface area contributed by atoms with Crippen LogP contribution in [0.4, 0.5) is 11.8 Å². The molecule has 2 aromatic rings. The summed E-state index contributed by atoms with van der Waals surface area (Å²) < 4.78 is 11.1. The number of anilines is 2. The van der Waals surface area contributed by atoms with Gasteiger partial charge in [0.2, 0.25) is 5.95 Å². The summed E-state index contributed by atoms with van der Waals surface area (Å²) in [6.45, 7) is 3.99. The molecule has 1 aromatic heterocycles. The molecule has 0 saturated heterocycles. The highest BCUT2D eigenvalue weighted by Gasteiger charge is 2.18. The van der Waals surface area contributed by atoms with E-state index in [9.17, 15) is 0 Å². The van der Waals surface area contributed by atoms with Crippen LogP contribution in [0.2, 0.25) is 0 Å². The Morgan fingerprint density at radius 3 is 2.46 bits per heavy atom. The fourth-order valence-electron chi connectivity index (χ4n) is 2.13. The quantitative estimate of drug-likeness (QED) is 0.279. The van der Waals surface area contributed by atoms with Crippen LogP contribution in [0.15, 0.2) is 23.5 Å². The molecule has 9 heteroatoms. The van der Waals surface area contributed by atoms with Crippen molar-refractivity contribution in [1.82, 2.24) is 9.97 Å². The smallest absolute Gasteiger partial charge is 0.222 e. The van der Waals surface area contributed by atoms with E-state index in [4.69, 9.17) is 31.9 Å². The van der Waals surface area contributed by atoms with Crippen molar-refractivity contribution in [2.45, 2.75) is 19.8 Å². The molecule has 1 heterocycles. The lowest BCUT2D eigenvalue weighted by Crippen LogP contribution is -2.15. The summed E-state index contributed by atoms with van der Waals surface area (Å²) in [6.07, 6.45) is 1.38. The molecule has 0 aliphatic rings. The molecule has 0 atom stereocenters. The maximum Gasteiger partial charge on any atom is 0.222 e. The molecule has 0 saturated carbocycles. The van der Waals surface area contributed by atoms with Crippen molar-refractivity contribution in [2.24, 2.45) is 10.9 Å². The van der Waals surface area contributed by atoms with Gasteiger partial charge < -0.3 is 31.9 Å². The first kappa shape index (κ1) is 17.1. The summed E-state index contributed by atoms with van der Waals surface area (Å²) in [5, 5.41) is 12.0. The monoisotopic (exact) mass is 332 g/mol. The van der Waals surface area contributed by atoms with Crippen molar-refractivity contribution in [3.8, 4) is 17.2 Å². The molecule has 0 aliphatic heterocycles. The second-order valence-corrected chi connectivity index (χ2v) is 5.31. The van der Waals surface area contributed by atoms with E-state index < -0.39 is 0 Å². The van der Waals surface area contributed by atoms with Crippen molar-refractivity contribution in [3.05, 3.63) is 29.5 Å². The van der Waals surface area contributed by atoms with Gasteiger partial charge in [-0.1, -0.05) is 19.0 Å². The van der Waals surface area contributed by atoms with E-state index in [1.165, 1.54) is 13.3 Å². The number of rotatable bonds is 5. The van der Waals surface area contributed by atoms with Gasteiger partial charge in [0, 0.05) is 5.56 Å². The summed E-state index contributed by atoms with van der Waals surface area (Å²) in [7, 11) is 1.50. The van der Waals surface area contributed by atoms with E-state index in [0.717, 1.165) is 5.56 Å². The van der Waals surface area contributed by atoms with Gasteiger partial charge in [0.15, 0.2) is 17.4 Å². The average molecular weight is 332 g/mol. The van der Waals surface area contributed by atoms with Crippen LogP contribution in [0.5, 0.6) is 17.2 Å². The highest BCUT2D eigenvalue weighted by molar-refractivity contribution is 6.00. The molecular weight excluding hydrogens is 312 g/mol. The molecule has 7 N–H and O–H groups in total. The fourth-order valence-corrected chi connectivity index (χ4v) is 2.13. The Morgan fingerprint density at radius 2 is 1.92 bits per heavy atom. The zero-order valence-corrected chi connectivity index (χ0v) is 13.6. The standard InChI is InChI=1S/C15H20N6O3/c1-7(2)8-4-10(23-3)9(13(16)21-22)5-11(8)24-12-6-19-15(18)20-14(12)17/h4-7,22H,1-3H3,(H2,16,21)(H4,17,18,19,20). The van der Waals surface area contributed by atoms with Crippen molar-refractivity contribution < 1.29 is 14.7 Å². The predicted molar refractivity (Wildman–Crippen MR) is 90.5 cm³/mol. The number of benzene rings is 1. The maximum atomic E-state index is 8.95. The van der Waals surface area contributed by atoms with Crippen LogP contribution in [0, 0.1) is 0 Å². The molecular formula is C15H20N6O3. The number of amidine groups is 1. The molecule has 9 nitrogen and oxygen atoms in total. The van der Waals surface area contributed by atoms with E-state index >= 15 is 0 Å². The minimum atomic E-state index is -0.103.